The average molecular weight is 279 g/mol. The van der Waals surface area contributed by atoms with Crippen molar-refractivity contribution in [2.45, 2.75) is 39.3 Å². The quantitative estimate of drug-likeness (QED) is 0.880. The molecule has 2 aromatic rings. The Morgan fingerprint density at radius 2 is 2.25 bits per heavy atom. The molecule has 2 N–H and O–H groups in total. The van der Waals surface area contributed by atoms with Gasteiger partial charge in [0.15, 0.2) is 12.4 Å². The highest BCUT2D eigenvalue weighted by Gasteiger charge is 2.10. The summed E-state index contributed by atoms with van der Waals surface area (Å²) in [6.45, 7) is 3.88. The van der Waals surface area contributed by atoms with Crippen molar-refractivity contribution in [3.05, 3.63) is 41.3 Å². The van der Waals surface area contributed by atoms with Crippen molar-refractivity contribution in [1.29, 1.82) is 0 Å². The molecule has 0 spiro atoms. The first-order chi connectivity index (χ1) is 9.60. The van der Waals surface area contributed by atoms with E-state index in [1.54, 1.807) is 19.1 Å². The summed E-state index contributed by atoms with van der Waals surface area (Å²) >= 11 is 0. The molecular weight excluding hydrogens is 261 g/mol. The van der Waals surface area contributed by atoms with E-state index in [1.165, 1.54) is 6.07 Å². The standard InChI is InChI=1S/C14H18FN3O2/c1-3-4-13-17-14(20-18-13)8-19-10-5-6-11(9(2)16)12(15)7-10/h5-7,9H,3-4,8,16H2,1-2H3/t9-/m1/s1. The topological polar surface area (TPSA) is 74.2 Å². The number of aryl methyl sites for hydroxylation is 1. The molecule has 1 aromatic heterocycles. The van der Waals surface area contributed by atoms with Gasteiger partial charge in [0, 0.05) is 24.1 Å². The summed E-state index contributed by atoms with van der Waals surface area (Å²) in [5.74, 6) is 1.06. The van der Waals surface area contributed by atoms with Crippen LogP contribution in [0.5, 0.6) is 5.75 Å². The maximum atomic E-state index is 13.7. The molecule has 0 amide bonds. The Labute approximate surface area is 116 Å². The SMILES string of the molecule is CCCc1noc(COc2ccc([C@@H](C)N)c(F)c2)n1. The van der Waals surface area contributed by atoms with E-state index in [0.717, 1.165) is 12.8 Å². The zero-order valence-corrected chi connectivity index (χ0v) is 11.6. The fourth-order valence-corrected chi connectivity index (χ4v) is 1.79. The van der Waals surface area contributed by atoms with Gasteiger partial charge < -0.3 is 15.0 Å². The van der Waals surface area contributed by atoms with Crippen LogP contribution < -0.4 is 10.5 Å². The van der Waals surface area contributed by atoms with Crippen LogP contribution in [0, 0.1) is 5.82 Å². The third-order valence-corrected chi connectivity index (χ3v) is 2.81. The van der Waals surface area contributed by atoms with Crippen LogP contribution in [0.4, 0.5) is 4.39 Å². The molecule has 108 valence electrons. The fourth-order valence-electron chi connectivity index (χ4n) is 1.79. The van der Waals surface area contributed by atoms with Gasteiger partial charge in [-0.1, -0.05) is 18.1 Å². The summed E-state index contributed by atoms with van der Waals surface area (Å²) in [5.41, 5.74) is 6.11. The van der Waals surface area contributed by atoms with E-state index in [2.05, 4.69) is 10.1 Å². The first-order valence-corrected chi connectivity index (χ1v) is 6.59. The van der Waals surface area contributed by atoms with Gasteiger partial charge in [0.05, 0.1) is 0 Å². The molecule has 0 saturated heterocycles. The van der Waals surface area contributed by atoms with Crippen LogP contribution in [0.15, 0.2) is 22.7 Å². The lowest BCUT2D eigenvalue weighted by atomic mass is 10.1. The second kappa shape index (κ2) is 6.47. The Morgan fingerprint density at radius 1 is 1.45 bits per heavy atom. The van der Waals surface area contributed by atoms with E-state index in [4.69, 9.17) is 15.0 Å². The number of halogens is 1. The number of rotatable bonds is 6. The van der Waals surface area contributed by atoms with Gasteiger partial charge in [-0.25, -0.2) is 4.39 Å². The number of nitrogens with two attached hydrogens (primary N) is 1. The molecule has 0 aliphatic heterocycles. The van der Waals surface area contributed by atoms with Crippen LogP contribution in [0.25, 0.3) is 0 Å². The number of benzene rings is 1. The Hall–Kier alpha value is -1.95. The number of hydrogen-bond donors (Lipinski definition) is 1. The average Bonchev–Trinajstić information content (AvgIpc) is 2.84. The maximum Gasteiger partial charge on any atom is 0.264 e. The van der Waals surface area contributed by atoms with Crippen LogP contribution in [0.2, 0.25) is 0 Å². The fraction of sp³-hybridized carbons (Fsp3) is 0.429. The molecule has 5 nitrogen and oxygen atoms in total. The molecule has 0 unspecified atom stereocenters. The molecule has 0 saturated carbocycles. The third-order valence-electron chi connectivity index (χ3n) is 2.81. The van der Waals surface area contributed by atoms with Crippen LogP contribution in [-0.2, 0) is 13.0 Å². The second-order valence-electron chi connectivity index (χ2n) is 4.62. The first kappa shape index (κ1) is 14.5. The smallest absolute Gasteiger partial charge is 0.264 e. The Bertz CT molecular complexity index is 569. The highest BCUT2D eigenvalue weighted by molar-refractivity contribution is 5.30. The highest BCUT2D eigenvalue weighted by atomic mass is 19.1. The molecule has 6 heteroatoms. The number of nitrogens with zero attached hydrogens (tertiary/aromatic N) is 2. The monoisotopic (exact) mass is 279 g/mol. The largest absolute Gasteiger partial charge is 0.484 e. The molecule has 1 atom stereocenters. The summed E-state index contributed by atoms with van der Waals surface area (Å²) in [5, 5.41) is 3.82. The van der Waals surface area contributed by atoms with E-state index in [-0.39, 0.29) is 18.5 Å². The number of hydrogen-bond acceptors (Lipinski definition) is 5. The molecule has 0 aliphatic rings. The summed E-state index contributed by atoms with van der Waals surface area (Å²) in [6.07, 6.45) is 1.71. The van der Waals surface area contributed by atoms with E-state index in [0.29, 0.717) is 23.0 Å². The van der Waals surface area contributed by atoms with Crippen LogP contribution in [0.1, 0.15) is 43.6 Å². The minimum Gasteiger partial charge on any atom is -0.484 e. The van der Waals surface area contributed by atoms with E-state index in [9.17, 15) is 4.39 Å². The van der Waals surface area contributed by atoms with Gasteiger partial charge in [-0.2, -0.15) is 4.98 Å². The van der Waals surface area contributed by atoms with E-state index < -0.39 is 0 Å². The summed E-state index contributed by atoms with van der Waals surface area (Å²) in [4.78, 5) is 4.17. The lowest BCUT2D eigenvalue weighted by Gasteiger charge is -2.09. The molecule has 1 aromatic carbocycles. The number of aromatic nitrogens is 2. The predicted octanol–water partition coefficient (Wildman–Crippen LogP) is 2.76. The predicted molar refractivity (Wildman–Crippen MR) is 71.6 cm³/mol. The van der Waals surface area contributed by atoms with Gasteiger partial charge in [-0.3, -0.25) is 0 Å². The van der Waals surface area contributed by atoms with Gasteiger partial charge >= 0.3 is 0 Å². The van der Waals surface area contributed by atoms with Crippen molar-refractivity contribution < 1.29 is 13.7 Å². The molecule has 2 rings (SSSR count). The maximum absolute atomic E-state index is 13.7. The zero-order valence-electron chi connectivity index (χ0n) is 11.6. The minimum absolute atomic E-state index is 0.119. The first-order valence-electron chi connectivity index (χ1n) is 6.59. The molecule has 0 radical (unpaired) electrons. The molecule has 0 fully saturated rings. The summed E-state index contributed by atoms with van der Waals surface area (Å²) < 4.78 is 24.2. The van der Waals surface area contributed by atoms with Crippen LogP contribution >= 0.6 is 0 Å². The van der Waals surface area contributed by atoms with Crippen molar-refractivity contribution in [3.8, 4) is 5.75 Å². The van der Waals surface area contributed by atoms with Crippen molar-refractivity contribution in [2.24, 2.45) is 5.73 Å². The van der Waals surface area contributed by atoms with Crippen LogP contribution in [-0.4, -0.2) is 10.1 Å². The minimum atomic E-state index is -0.380. The summed E-state index contributed by atoms with van der Waals surface area (Å²) in [6, 6.07) is 4.25. The summed E-state index contributed by atoms with van der Waals surface area (Å²) in [7, 11) is 0. The van der Waals surface area contributed by atoms with Crippen molar-refractivity contribution in [1.82, 2.24) is 10.1 Å². The van der Waals surface area contributed by atoms with E-state index in [1.807, 2.05) is 6.92 Å². The lowest BCUT2D eigenvalue weighted by molar-refractivity contribution is 0.241. The Balaban J connectivity index is 1.98. The Kier molecular flexibility index (Phi) is 4.68. The molecular formula is C14H18FN3O2. The Morgan fingerprint density at radius 3 is 2.90 bits per heavy atom. The third kappa shape index (κ3) is 3.54. The van der Waals surface area contributed by atoms with E-state index >= 15 is 0 Å². The second-order valence-corrected chi connectivity index (χ2v) is 4.62. The zero-order chi connectivity index (χ0) is 14.5. The van der Waals surface area contributed by atoms with Gasteiger partial charge in [0.25, 0.3) is 5.89 Å². The van der Waals surface area contributed by atoms with Crippen molar-refractivity contribution in [3.63, 3.8) is 0 Å². The van der Waals surface area contributed by atoms with Crippen molar-refractivity contribution >= 4 is 0 Å². The molecule has 0 bridgehead atoms. The van der Waals surface area contributed by atoms with Crippen molar-refractivity contribution in [2.75, 3.05) is 0 Å². The number of ether oxygens (including phenoxy) is 1. The molecule has 0 aliphatic carbocycles. The normalized spacial score (nSPS) is 12.4. The highest BCUT2D eigenvalue weighted by Crippen LogP contribution is 2.21. The van der Waals surface area contributed by atoms with Crippen LogP contribution in [0.3, 0.4) is 0 Å². The molecule has 1 heterocycles. The molecule has 20 heavy (non-hydrogen) atoms. The van der Waals surface area contributed by atoms with Gasteiger partial charge in [-0.15, -0.1) is 0 Å². The van der Waals surface area contributed by atoms with Gasteiger partial charge in [-0.05, 0) is 19.4 Å². The van der Waals surface area contributed by atoms with Gasteiger partial charge in [0.1, 0.15) is 11.6 Å². The van der Waals surface area contributed by atoms with Gasteiger partial charge in [0.2, 0.25) is 0 Å². The lowest BCUT2D eigenvalue weighted by Crippen LogP contribution is -2.07.